The lowest BCUT2D eigenvalue weighted by Gasteiger charge is -2.42. The van der Waals surface area contributed by atoms with Crippen LogP contribution in [0.2, 0.25) is 0 Å². The van der Waals surface area contributed by atoms with E-state index in [4.69, 9.17) is 0 Å². The molecule has 14 heavy (non-hydrogen) atoms. The molecule has 0 spiro atoms. The lowest BCUT2D eigenvalue weighted by atomic mass is 9.75. The van der Waals surface area contributed by atoms with Gasteiger partial charge in [-0.3, -0.25) is 0 Å². The summed E-state index contributed by atoms with van der Waals surface area (Å²) in [5.41, 5.74) is 0.181. The van der Waals surface area contributed by atoms with Gasteiger partial charge in [-0.25, -0.2) is 4.98 Å². The zero-order valence-corrected chi connectivity index (χ0v) is 8.39. The fourth-order valence-corrected chi connectivity index (χ4v) is 1.92. The van der Waals surface area contributed by atoms with Crippen molar-refractivity contribution in [2.45, 2.75) is 38.1 Å². The Morgan fingerprint density at radius 1 is 1.50 bits per heavy atom. The molecule has 1 saturated carbocycles. The van der Waals surface area contributed by atoms with Crippen LogP contribution in [0, 0.1) is 5.95 Å². The fraction of sp³-hybridized carbons (Fsp3) is 0.545. The Labute approximate surface area is 83.6 Å². The van der Waals surface area contributed by atoms with Crippen LogP contribution in [0.5, 0.6) is 0 Å². The minimum absolute atomic E-state index is 0.181. The number of anilines is 1. The van der Waals surface area contributed by atoms with E-state index in [-0.39, 0.29) is 5.54 Å². The van der Waals surface area contributed by atoms with Gasteiger partial charge in [0.25, 0.3) is 0 Å². The Bertz CT molecular complexity index is 315. The number of hydrogen-bond donors (Lipinski definition) is 1. The molecule has 1 aliphatic rings. The predicted octanol–water partition coefficient (Wildman–Crippen LogP) is 2.97. The molecule has 1 fully saturated rings. The largest absolute Gasteiger partial charge is 0.365 e. The number of halogens is 1. The van der Waals surface area contributed by atoms with E-state index in [0.717, 1.165) is 6.42 Å². The third-order valence-electron chi connectivity index (χ3n) is 3.10. The number of nitrogens with one attached hydrogen (secondary N) is 1. The van der Waals surface area contributed by atoms with E-state index in [2.05, 4.69) is 17.2 Å². The van der Waals surface area contributed by atoms with Crippen LogP contribution in [0.25, 0.3) is 0 Å². The first-order valence-electron chi connectivity index (χ1n) is 5.15. The summed E-state index contributed by atoms with van der Waals surface area (Å²) in [4.78, 5) is 3.81. The van der Waals surface area contributed by atoms with E-state index in [1.165, 1.54) is 25.3 Å². The van der Waals surface area contributed by atoms with Crippen molar-refractivity contribution in [1.29, 1.82) is 0 Å². The van der Waals surface area contributed by atoms with Crippen LogP contribution in [-0.4, -0.2) is 10.5 Å². The molecule has 1 heterocycles. The summed E-state index contributed by atoms with van der Waals surface area (Å²) in [6, 6.07) is 4.87. The van der Waals surface area contributed by atoms with Crippen molar-refractivity contribution in [3.05, 3.63) is 24.1 Å². The summed E-state index contributed by atoms with van der Waals surface area (Å²) < 4.78 is 12.8. The first-order valence-corrected chi connectivity index (χ1v) is 5.15. The predicted molar refractivity (Wildman–Crippen MR) is 54.7 cm³/mol. The van der Waals surface area contributed by atoms with Crippen LogP contribution in [0.3, 0.4) is 0 Å². The highest BCUT2D eigenvalue weighted by molar-refractivity contribution is 5.38. The number of rotatable bonds is 3. The fourth-order valence-electron chi connectivity index (χ4n) is 1.92. The van der Waals surface area contributed by atoms with Crippen molar-refractivity contribution < 1.29 is 4.39 Å². The molecule has 0 amide bonds. The van der Waals surface area contributed by atoms with E-state index in [0.29, 0.717) is 5.82 Å². The zero-order valence-electron chi connectivity index (χ0n) is 8.39. The molecule has 2 nitrogen and oxygen atoms in total. The monoisotopic (exact) mass is 194 g/mol. The second-order valence-electron chi connectivity index (χ2n) is 3.96. The first kappa shape index (κ1) is 9.44. The normalized spacial score (nSPS) is 18.7. The molecule has 1 aliphatic carbocycles. The molecule has 76 valence electrons. The molecular formula is C11H15FN2. The average molecular weight is 194 g/mol. The van der Waals surface area contributed by atoms with Crippen LogP contribution < -0.4 is 5.32 Å². The van der Waals surface area contributed by atoms with Crippen LogP contribution >= 0.6 is 0 Å². The van der Waals surface area contributed by atoms with Gasteiger partial charge in [-0.15, -0.1) is 0 Å². The van der Waals surface area contributed by atoms with Gasteiger partial charge >= 0.3 is 0 Å². The maximum Gasteiger partial charge on any atom is 0.214 e. The highest BCUT2D eigenvalue weighted by atomic mass is 19.1. The third kappa shape index (κ3) is 1.72. The van der Waals surface area contributed by atoms with E-state index < -0.39 is 5.95 Å². The maximum atomic E-state index is 12.8. The minimum Gasteiger partial charge on any atom is -0.365 e. The molecule has 1 N–H and O–H groups in total. The third-order valence-corrected chi connectivity index (χ3v) is 3.10. The van der Waals surface area contributed by atoms with Gasteiger partial charge < -0.3 is 5.32 Å². The molecular weight excluding hydrogens is 179 g/mol. The molecule has 2 rings (SSSR count). The van der Waals surface area contributed by atoms with Crippen molar-refractivity contribution in [3.63, 3.8) is 0 Å². The van der Waals surface area contributed by atoms with Crippen molar-refractivity contribution >= 4 is 5.82 Å². The highest BCUT2D eigenvalue weighted by Crippen LogP contribution is 2.37. The van der Waals surface area contributed by atoms with Crippen molar-refractivity contribution in [3.8, 4) is 0 Å². The quantitative estimate of drug-likeness (QED) is 0.748. The SMILES string of the molecule is CCC1(Nc2cccc(F)n2)CCC1. The maximum absolute atomic E-state index is 12.8. The molecule has 0 aromatic carbocycles. The summed E-state index contributed by atoms with van der Waals surface area (Å²) in [5.74, 6) is 0.243. The molecule has 1 aromatic heterocycles. The molecule has 0 radical (unpaired) electrons. The summed E-state index contributed by atoms with van der Waals surface area (Å²) in [5, 5.41) is 3.33. The van der Waals surface area contributed by atoms with Crippen molar-refractivity contribution in [2.24, 2.45) is 0 Å². The first-order chi connectivity index (χ1) is 6.74. The molecule has 0 saturated heterocycles. The Kier molecular flexibility index (Phi) is 2.40. The van der Waals surface area contributed by atoms with Crippen molar-refractivity contribution in [2.75, 3.05) is 5.32 Å². The number of nitrogens with zero attached hydrogens (tertiary/aromatic N) is 1. The van der Waals surface area contributed by atoms with E-state index in [9.17, 15) is 4.39 Å². The standard InChI is InChI=1S/C11H15FN2/c1-2-11(7-4-8-11)14-10-6-3-5-9(12)13-10/h3,5-6H,2,4,7-8H2,1H3,(H,13,14). The van der Waals surface area contributed by atoms with Crippen molar-refractivity contribution in [1.82, 2.24) is 4.98 Å². The number of aromatic nitrogens is 1. The van der Waals surface area contributed by atoms with E-state index in [1.807, 2.05) is 6.07 Å². The zero-order chi connectivity index (χ0) is 10.0. The van der Waals surface area contributed by atoms with Gasteiger partial charge in [0.1, 0.15) is 5.82 Å². The minimum atomic E-state index is -0.416. The van der Waals surface area contributed by atoms with Gasteiger partial charge in [-0.2, -0.15) is 4.39 Å². The van der Waals surface area contributed by atoms with Gasteiger partial charge in [0.05, 0.1) is 0 Å². The summed E-state index contributed by atoms with van der Waals surface area (Å²) >= 11 is 0. The van der Waals surface area contributed by atoms with Gasteiger partial charge in [0, 0.05) is 5.54 Å². The summed E-state index contributed by atoms with van der Waals surface area (Å²) in [6.07, 6.45) is 4.67. The van der Waals surface area contributed by atoms with E-state index >= 15 is 0 Å². The molecule has 0 bridgehead atoms. The van der Waals surface area contributed by atoms with Crippen LogP contribution in [0.15, 0.2) is 18.2 Å². The summed E-state index contributed by atoms with van der Waals surface area (Å²) in [7, 11) is 0. The molecule has 0 unspecified atom stereocenters. The van der Waals surface area contributed by atoms with Crippen LogP contribution in [0.4, 0.5) is 10.2 Å². The molecule has 0 aliphatic heterocycles. The number of hydrogen-bond acceptors (Lipinski definition) is 2. The second kappa shape index (κ2) is 3.56. The lowest BCUT2D eigenvalue weighted by Crippen LogP contribution is -2.44. The Hall–Kier alpha value is -1.12. The second-order valence-corrected chi connectivity index (χ2v) is 3.96. The molecule has 0 atom stereocenters. The Morgan fingerprint density at radius 3 is 2.79 bits per heavy atom. The van der Waals surface area contributed by atoms with Crippen LogP contribution in [-0.2, 0) is 0 Å². The van der Waals surface area contributed by atoms with Crippen LogP contribution in [0.1, 0.15) is 32.6 Å². The molecule has 1 aromatic rings. The van der Waals surface area contributed by atoms with Gasteiger partial charge in [-0.1, -0.05) is 13.0 Å². The lowest BCUT2D eigenvalue weighted by molar-refractivity contribution is 0.268. The topological polar surface area (TPSA) is 24.9 Å². The molecule has 3 heteroatoms. The Balaban J connectivity index is 2.09. The van der Waals surface area contributed by atoms with Gasteiger partial charge in [0.2, 0.25) is 5.95 Å². The van der Waals surface area contributed by atoms with E-state index in [1.54, 1.807) is 6.07 Å². The number of pyridine rings is 1. The van der Waals surface area contributed by atoms with Gasteiger partial charge in [-0.05, 0) is 37.8 Å². The Morgan fingerprint density at radius 2 is 2.29 bits per heavy atom. The summed E-state index contributed by atoms with van der Waals surface area (Å²) in [6.45, 7) is 2.16. The smallest absolute Gasteiger partial charge is 0.214 e. The van der Waals surface area contributed by atoms with Gasteiger partial charge in [0.15, 0.2) is 0 Å². The highest BCUT2D eigenvalue weighted by Gasteiger charge is 2.35. The average Bonchev–Trinajstić information content (AvgIpc) is 2.11.